The van der Waals surface area contributed by atoms with E-state index in [4.69, 9.17) is 10.1 Å². The van der Waals surface area contributed by atoms with Crippen LogP contribution in [0.5, 0.6) is 11.5 Å². The van der Waals surface area contributed by atoms with Crippen molar-refractivity contribution in [2.24, 2.45) is 5.16 Å². The van der Waals surface area contributed by atoms with Gasteiger partial charge in [-0.2, -0.15) is 15.3 Å². The number of phenolic OH excluding ortho intramolecular Hbond substituents is 1. The fraction of sp³-hybridized carbons (Fsp3) is 0.222. The standard InChI is InChI=1S/C18H16N4O4/c1-18(2,3)26-21-16(17-14(23)5-4-6-22(17)25)13-7-11(9-19)12(10-20)8-15(13)24/h4-8,23-24H,1-3H3. The SMILES string of the molecule is CC(C)(C)ON=C(c1cc(C#N)c(C#N)cc1O)c1c(O)ccc[n+]1[O-]. The molecule has 0 fully saturated rings. The molecule has 0 aliphatic rings. The molecule has 0 saturated heterocycles. The van der Waals surface area contributed by atoms with Crippen LogP contribution in [0.15, 0.2) is 35.6 Å². The van der Waals surface area contributed by atoms with Crippen LogP contribution in [0.25, 0.3) is 0 Å². The van der Waals surface area contributed by atoms with Crippen LogP contribution in [0.1, 0.15) is 43.2 Å². The molecule has 0 unspecified atom stereocenters. The Bertz CT molecular complexity index is 943. The zero-order valence-electron chi connectivity index (χ0n) is 14.4. The lowest BCUT2D eigenvalue weighted by Gasteiger charge is -2.17. The summed E-state index contributed by atoms with van der Waals surface area (Å²) in [4.78, 5) is 5.36. The zero-order valence-corrected chi connectivity index (χ0v) is 14.4. The van der Waals surface area contributed by atoms with Gasteiger partial charge in [0.25, 0.3) is 5.69 Å². The number of nitriles is 2. The Morgan fingerprint density at radius 3 is 2.31 bits per heavy atom. The maximum Gasteiger partial charge on any atom is 0.288 e. The third-order valence-corrected chi connectivity index (χ3v) is 3.21. The van der Waals surface area contributed by atoms with Crippen molar-refractivity contribution in [2.45, 2.75) is 26.4 Å². The van der Waals surface area contributed by atoms with Crippen LogP contribution >= 0.6 is 0 Å². The third-order valence-electron chi connectivity index (χ3n) is 3.21. The van der Waals surface area contributed by atoms with Gasteiger partial charge in [-0.05, 0) is 39.0 Å². The van der Waals surface area contributed by atoms with Gasteiger partial charge in [0, 0.05) is 6.07 Å². The Labute approximate surface area is 150 Å². The molecule has 2 rings (SSSR count). The van der Waals surface area contributed by atoms with Crippen LogP contribution in [0.3, 0.4) is 0 Å². The Morgan fingerprint density at radius 1 is 1.15 bits per heavy atom. The number of aromatic hydroxyl groups is 2. The Balaban J connectivity index is 2.79. The molecule has 0 aliphatic heterocycles. The highest BCUT2D eigenvalue weighted by atomic mass is 16.6. The number of nitrogens with zero attached hydrogens (tertiary/aromatic N) is 4. The van der Waals surface area contributed by atoms with Crippen LogP contribution < -0.4 is 4.73 Å². The molecule has 0 radical (unpaired) electrons. The molecule has 8 nitrogen and oxygen atoms in total. The van der Waals surface area contributed by atoms with Crippen molar-refractivity contribution in [2.75, 3.05) is 0 Å². The number of rotatable bonds is 3. The van der Waals surface area contributed by atoms with Crippen molar-refractivity contribution in [1.82, 2.24) is 0 Å². The molecular weight excluding hydrogens is 336 g/mol. The van der Waals surface area contributed by atoms with Crippen LogP contribution in [0, 0.1) is 27.9 Å². The van der Waals surface area contributed by atoms with Gasteiger partial charge in [0.2, 0.25) is 0 Å². The average molecular weight is 352 g/mol. The van der Waals surface area contributed by atoms with E-state index in [1.807, 2.05) is 6.07 Å². The van der Waals surface area contributed by atoms with Gasteiger partial charge >= 0.3 is 0 Å². The summed E-state index contributed by atoms with van der Waals surface area (Å²) < 4.78 is 0.365. The summed E-state index contributed by atoms with van der Waals surface area (Å²) in [6.45, 7) is 5.18. The number of aromatic nitrogens is 1. The van der Waals surface area contributed by atoms with E-state index < -0.39 is 5.60 Å². The minimum atomic E-state index is -0.719. The maximum atomic E-state index is 12.2. The van der Waals surface area contributed by atoms with Gasteiger partial charge in [-0.15, -0.1) is 0 Å². The van der Waals surface area contributed by atoms with E-state index in [-0.39, 0.29) is 39.6 Å². The van der Waals surface area contributed by atoms with E-state index in [0.29, 0.717) is 4.73 Å². The Hall–Kier alpha value is -3.78. The predicted molar refractivity (Wildman–Crippen MR) is 91.1 cm³/mol. The molecule has 0 aliphatic carbocycles. The van der Waals surface area contributed by atoms with Gasteiger partial charge in [-0.3, -0.25) is 0 Å². The maximum absolute atomic E-state index is 12.2. The van der Waals surface area contributed by atoms with Crippen molar-refractivity contribution in [3.63, 3.8) is 0 Å². The lowest BCUT2D eigenvalue weighted by molar-refractivity contribution is -0.607. The second-order valence-electron chi connectivity index (χ2n) is 6.35. The smallest absolute Gasteiger partial charge is 0.288 e. The van der Waals surface area contributed by atoms with E-state index in [1.54, 1.807) is 26.8 Å². The van der Waals surface area contributed by atoms with Crippen molar-refractivity contribution in [1.29, 1.82) is 10.5 Å². The van der Waals surface area contributed by atoms with Crippen molar-refractivity contribution >= 4 is 5.71 Å². The minimum absolute atomic E-state index is 0.0170. The van der Waals surface area contributed by atoms with Gasteiger partial charge in [0.1, 0.15) is 23.5 Å². The number of oxime groups is 1. The summed E-state index contributed by atoms with van der Waals surface area (Å²) in [5, 5.41) is 54.8. The number of hydrogen-bond donors (Lipinski definition) is 2. The first kappa shape index (κ1) is 18.6. The van der Waals surface area contributed by atoms with E-state index >= 15 is 0 Å². The van der Waals surface area contributed by atoms with Gasteiger partial charge in [-0.1, -0.05) is 5.16 Å². The molecule has 0 saturated carbocycles. The molecule has 2 N–H and O–H groups in total. The second kappa shape index (κ2) is 6.99. The number of pyridine rings is 1. The summed E-state index contributed by atoms with van der Waals surface area (Å²) in [6.07, 6.45) is 1.15. The first-order valence-corrected chi connectivity index (χ1v) is 7.53. The molecule has 26 heavy (non-hydrogen) atoms. The quantitative estimate of drug-likeness (QED) is 0.375. The lowest BCUT2D eigenvalue weighted by atomic mass is 9.99. The fourth-order valence-electron chi connectivity index (χ4n) is 2.07. The largest absolute Gasteiger partial charge is 0.618 e. The fourth-order valence-corrected chi connectivity index (χ4v) is 2.07. The summed E-state index contributed by atoms with van der Waals surface area (Å²) >= 11 is 0. The first-order chi connectivity index (χ1) is 12.2. The zero-order chi connectivity index (χ0) is 19.5. The van der Waals surface area contributed by atoms with Crippen molar-refractivity contribution in [3.8, 4) is 23.6 Å². The molecule has 0 bridgehead atoms. The molecule has 1 aromatic carbocycles. The summed E-state index contributed by atoms with van der Waals surface area (Å²) in [6, 6.07) is 8.57. The van der Waals surface area contributed by atoms with Gasteiger partial charge in [-0.25, -0.2) is 0 Å². The molecule has 1 aromatic heterocycles. The van der Waals surface area contributed by atoms with Gasteiger partial charge < -0.3 is 20.3 Å². The average Bonchev–Trinajstić information content (AvgIpc) is 2.56. The van der Waals surface area contributed by atoms with Crippen LogP contribution in [0.4, 0.5) is 0 Å². The van der Waals surface area contributed by atoms with Crippen molar-refractivity contribution in [3.05, 3.63) is 58.1 Å². The van der Waals surface area contributed by atoms with E-state index in [2.05, 4.69) is 5.16 Å². The van der Waals surface area contributed by atoms with Gasteiger partial charge in [0.05, 0.1) is 16.7 Å². The molecule has 8 heteroatoms. The first-order valence-electron chi connectivity index (χ1n) is 7.53. The molecule has 0 spiro atoms. The summed E-state index contributed by atoms with van der Waals surface area (Å²) in [7, 11) is 0. The second-order valence-corrected chi connectivity index (χ2v) is 6.35. The Kier molecular flexibility index (Phi) is 4.99. The van der Waals surface area contributed by atoms with Gasteiger partial charge in [0.15, 0.2) is 17.7 Å². The monoisotopic (exact) mass is 352 g/mol. The highest BCUT2D eigenvalue weighted by Gasteiger charge is 2.27. The molecule has 1 heterocycles. The molecule has 0 atom stereocenters. The Morgan fingerprint density at radius 2 is 1.77 bits per heavy atom. The summed E-state index contributed by atoms with van der Waals surface area (Å²) in [5.41, 5.74) is -1.24. The lowest BCUT2D eigenvalue weighted by Crippen LogP contribution is -2.35. The number of benzene rings is 1. The van der Waals surface area contributed by atoms with E-state index in [9.17, 15) is 20.7 Å². The van der Waals surface area contributed by atoms with Crippen LogP contribution in [0.2, 0.25) is 0 Å². The van der Waals surface area contributed by atoms with Crippen molar-refractivity contribution < 1.29 is 19.8 Å². The highest BCUT2D eigenvalue weighted by Crippen LogP contribution is 2.27. The number of phenols is 1. The third kappa shape index (κ3) is 3.82. The highest BCUT2D eigenvalue weighted by molar-refractivity contribution is 6.13. The van der Waals surface area contributed by atoms with E-state index in [0.717, 1.165) is 12.3 Å². The molecular formula is C18H16N4O4. The number of hydrogen-bond acceptors (Lipinski definition) is 7. The molecule has 0 amide bonds. The predicted octanol–water partition coefficient (Wildman–Crippen LogP) is 2.04. The molecule has 2 aromatic rings. The molecule has 132 valence electrons. The van der Waals surface area contributed by atoms with Crippen LogP contribution in [-0.4, -0.2) is 21.5 Å². The van der Waals surface area contributed by atoms with Crippen LogP contribution in [-0.2, 0) is 4.84 Å². The normalized spacial score (nSPS) is 11.5. The topological polar surface area (TPSA) is 137 Å². The van der Waals surface area contributed by atoms with E-state index in [1.165, 1.54) is 18.2 Å². The minimum Gasteiger partial charge on any atom is -0.618 e. The summed E-state index contributed by atoms with van der Waals surface area (Å²) in [5.74, 6) is -0.777.